The summed E-state index contributed by atoms with van der Waals surface area (Å²) in [4.78, 5) is 12.3. The van der Waals surface area contributed by atoms with E-state index in [9.17, 15) is 4.79 Å². The molecule has 12 heavy (non-hydrogen) atoms. The largest absolute Gasteiger partial charge is 0.300 e. The highest BCUT2D eigenvalue weighted by Crippen LogP contribution is 2.19. The number of hydrogen-bond donors (Lipinski definition) is 0. The van der Waals surface area contributed by atoms with Gasteiger partial charge in [0, 0.05) is 11.3 Å². The van der Waals surface area contributed by atoms with Crippen LogP contribution in [0.3, 0.4) is 0 Å². The van der Waals surface area contributed by atoms with E-state index in [1.54, 1.807) is 18.3 Å². The normalized spacial score (nSPS) is 10.2. The van der Waals surface area contributed by atoms with E-state index in [2.05, 4.69) is 18.4 Å². The fourth-order valence-electron chi connectivity index (χ4n) is 1.24. The first-order valence-electron chi connectivity index (χ1n) is 4.28. The molecule has 1 aromatic rings. The molecule has 0 bridgehead atoms. The van der Waals surface area contributed by atoms with Crippen LogP contribution in [0.5, 0.6) is 0 Å². The molecule has 0 fully saturated rings. The van der Waals surface area contributed by atoms with Crippen LogP contribution in [0.15, 0.2) is 11.4 Å². The van der Waals surface area contributed by atoms with Gasteiger partial charge in [0.05, 0.1) is 0 Å². The van der Waals surface area contributed by atoms with Crippen molar-refractivity contribution in [3.63, 3.8) is 0 Å². The van der Waals surface area contributed by atoms with Crippen molar-refractivity contribution in [3.8, 4) is 0 Å². The highest BCUT2D eigenvalue weighted by molar-refractivity contribution is 7.10. The lowest BCUT2D eigenvalue weighted by atomic mass is 10.1. The minimum absolute atomic E-state index is 0.255. The second-order valence-electron chi connectivity index (χ2n) is 3.00. The number of thiophene rings is 1. The summed E-state index contributed by atoms with van der Waals surface area (Å²) in [5.74, 6) is 0.255. The molecule has 1 rings (SSSR count). The van der Waals surface area contributed by atoms with Crippen molar-refractivity contribution in [2.45, 2.75) is 33.1 Å². The van der Waals surface area contributed by atoms with Crippen LogP contribution >= 0.6 is 11.3 Å². The summed E-state index contributed by atoms with van der Waals surface area (Å²) in [6, 6.07) is 2.07. The Morgan fingerprint density at radius 1 is 1.58 bits per heavy atom. The van der Waals surface area contributed by atoms with Gasteiger partial charge in [0.15, 0.2) is 0 Å². The predicted molar refractivity (Wildman–Crippen MR) is 52.7 cm³/mol. The van der Waals surface area contributed by atoms with Crippen LogP contribution in [0, 0.1) is 0 Å². The van der Waals surface area contributed by atoms with Gasteiger partial charge in [0.1, 0.15) is 5.78 Å². The van der Waals surface area contributed by atoms with Gasteiger partial charge in [-0.1, -0.05) is 13.3 Å². The fraction of sp³-hybridized carbons (Fsp3) is 0.500. The number of aryl methyl sites for hydroxylation is 1. The van der Waals surface area contributed by atoms with E-state index in [0.29, 0.717) is 6.42 Å². The Labute approximate surface area is 77.4 Å². The quantitative estimate of drug-likeness (QED) is 0.699. The number of rotatable bonds is 4. The zero-order valence-corrected chi connectivity index (χ0v) is 8.41. The average Bonchev–Trinajstić information content (AvgIpc) is 2.37. The molecule has 2 heteroatoms. The van der Waals surface area contributed by atoms with Gasteiger partial charge in [-0.25, -0.2) is 0 Å². The molecule has 0 atom stereocenters. The molecular weight excluding hydrogens is 168 g/mol. The molecule has 0 radical (unpaired) electrons. The maximum Gasteiger partial charge on any atom is 0.134 e. The van der Waals surface area contributed by atoms with E-state index in [-0.39, 0.29) is 5.78 Å². The first-order valence-corrected chi connectivity index (χ1v) is 5.16. The fourth-order valence-corrected chi connectivity index (χ4v) is 2.25. The van der Waals surface area contributed by atoms with E-state index >= 15 is 0 Å². The molecular formula is C10H14OS. The smallest absolute Gasteiger partial charge is 0.134 e. The Kier molecular flexibility index (Phi) is 3.48. The predicted octanol–water partition coefficient (Wildman–Crippen LogP) is 2.83. The van der Waals surface area contributed by atoms with Gasteiger partial charge in [-0.2, -0.15) is 0 Å². The van der Waals surface area contributed by atoms with Gasteiger partial charge in [-0.05, 0) is 30.4 Å². The Balaban J connectivity index is 2.69. The van der Waals surface area contributed by atoms with E-state index in [0.717, 1.165) is 12.8 Å². The SMILES string of the molecule is CCCc1sccc1CC(C)=O. The molecule has 0 aliphatic heterocycles. The minimum Gasteiger partial charge on any atom is -0.300 e. The van der Waals surface area contributed by atoms with Crippen LogP contribution in [0.2, 0.25) is 0 Å². The molecule has 66 valence electrons. The van der Waals surface area contributed by atoms with Gasteiger partial charge in [-0.15, -0.1) is 11.3 Å². The summed E-state index contributed by atoms with van der Waals surface area (Å²) in [6.45, 7) is 3.81. The maximum atomic E-state index is 10.9. The second kappa shape index (κ2) is 4.41. The third-order valence-electron chi connectivity index (χ3n) is 1.75. The Bertz CT molecular complexity index is 263. The van der Waals surface area contributed by atoms with Crippen LogP contribution in [0.4, 0.5) is 0 Å². The topological polar surface area (TPSA) is 17.1 Å². The number of hydrogen-bond acceptors (Lipinski definition) is 2. The van der Waals surface area contributed by atoms with E-state index in [4.69, 9.17) is 0 Å². The molecule has 1 nitrogen and oxygen atoms in total. The lowest BCUT2D eigenvalue weighted by molar-refractivity contribution is -0.116. The second-order valence-corrected chi connectivity index (χ2v) is 4.00. The van der Waals surface area contributed by atoms with Gasteiger partial charge >= 0.3 is 0 Å². The molecule has 0 saturated carbocycles. The third-order valence-corrected chi connectivity index (χ3v) is 2.78. The highest BCUT2D eigenvalue weighted by atomic mass is 32.1. The van der Waals surface area contributed by atoms with Crippen molar-refractivity contribution >= 4 is 17.1 Å². The summed E-state index contributed by atoms with van der Waals surface area (Å²) < 4.78 is 0. The number of carbonyl (C=O) groups excluding carboxylic acids is 1. The number of carbonyl (C=O) groups is 1. The molecule has 0 saturated heterocycles. The molecule has 1 aromatic heterocycles. The van der Waals surface area contributed by atoms with E-state index in [1.807, 2.05) is 0 Å². The average molecular weight is 182 g/mol. The summed E-state index contributed by atoms with van der Waals surface area (Å²) >= 11 is 1.76. The standard InChI is InChI=1S/C10H14OS/c1-3-4-10-9(5-6-12-10)7-8(2)11/h5-6H,3-4,7H2,1-2H3. The Morgan fingerprint density at radius 3 is 2.92 bits per heavy atom. The molecule has 0 unspecified atom stereocenters. The Hall–Kier alpha value is -0.630. The first-order chi connectivity index (χ1) is 5.74. The molecule has 1 heterocycles. The van der Waals surface area contributed by atoms with Crippen molar-refractivity contribution in [2.24, 2.45) is 0 Å². The highest BCUT2D eigenvalue weighted by Gasteiger charge is 2.04. The molecule has 0 aliphatic carbocycles. The third kappa shape index (κ3) is 2.45. The lowest BCUT2D eigenvalue weighted by Gasteiger charge is -1.98. The summed E-state index contributed by atoms with van der Waals surface area (Å²) in [5.41, 5.74) is 1.23. The van der Waals surface area contributed by atoms with Crippen LogP contribution in [-0.2, 0) is 17.6 Å². The zero-order chi connectivity index (χ0) is 8.97. The summed E-state index contributed by atoms with van der Waals surface area (Å²) in [5, 5.41) is 2.07. The van der Waals surface area contributed by atoms with Gasteiger partial charge in [-0.3, -0.25) is 4.79 Å². The first kappa shape index (κ1) is 9.46. The van der Waals surface area contributed by atoms with Crippen molar-refractivity contribution in [3.05, 3.63) is 21.9 Å². The van der Waals surface area contributed by atoms with Crippen molar-refractivity contribution in [2.75, 3.05) is 0 Å². The number of Topliss-reactive ketones (excluding diaryl/α,β-unsaturated/α-hetero) is 1. The maximum absolute atomic E-state index is 10.9. The Morgan fingerprint density at radius 2 is 2.33 bits per heavy atom. The van der Waals surface area contributed by atoms with Gasteiger partial charge in [0.25, 0.3) is 0 Å². The van der Waals surface area contributed by atoms with Gasteiger partial charge in [0.2, 0.25) is 0 Å². The zero-order valence-electron chi connectivity index (χ0n) is 7.59. The molecule has 0 aromatic carbocycles. The molecule has 0 N–H and O–H groups in total. The van der Waals surface area contributed by atoms with Crippen LogP contribution < -0.4 is 0 Å². The molecule has 0 spiro atoms. The molecule has 0 amide bonds. The van der Waals surface area contributed by atoms with Crippen molar-refractivity contribution in [1.29, 1.82) is 0 Å². The van der Waals surface area contributed by atoms with Crippen molar-refractivity contribution in [1.82, 2.24) is 0 Å². The van der Waals surface area contributed by atoms with Gasteiger partial charge < -0.3 is 0 Å². The monoisotopic (exact) mass is 182 g/mol. The van der Waals surface area contributed by atoms with Crippen LogP contribution in [-0.4, -0.2) is 5.78 Å². The van der Waals surface area contributed by atoms with Crippen molar-refractivity contribution < 1.29 is 4.79 Å². The van der Waals surface area contributed by atoms with Crippen LogP contribution in [0.1, 0.15) is 30.7 Å². The summed E-state index contributed by atoms with van der Waals surface area (Å²) in [6.07, 6.45) is 2.88. The summed E-state index contributed by atoms with van der Waals surface area (Å²) in [7, 11) is 0. The van der Waals surface area contributed by atoms with Crippen LogP contribution in [0.25, 0.3) is 0 Å². The van der Waals surface area contributed by atoms with E-state index in [1.165, 1.54) is 10.4 Å². The lowest BCUT2D eigenvalue weighted by Crippen LogP contribution is -1.97. The number of ketones is 1. The minimum atomic E-state index is 0.255. The molecule has 0 aliphatic rings. The van der Waals surface area contributed by atoms with E-state index < -0.39 is 0 Å².